The van der Waals surface area contributed by atoms with E-state index in [1.165, 1.54) is 13.0 Å². The van der Waals surface area contributed by atoms with Crippen molar-refractivity contribution in [3.8, 4) is 0 Å². The highest BCUT2D eigenvalue weighted by atomic mass is 15.2. The normalized spacial score (nSPS) is 39.4. The van der Waals surface area contributed by atoms with Crippen molar-refractivity contribution in [1.29, 1.82) is 0 Å². The second-order valence-electron chi connectivity index (χ2n) is 5.36. The fraction of sp³-hybridized carbons (Fsp3) is 1.00. The maximum Gasteiger partial charge on any atom is 0.0219 e. The van der Waals surface area contributed by atoms with Crippen LogP contribution in [-0.4, -0.2) is 29.6 Å². The zero-order valence-electron chi connectivity index (χ0n) is 10.3. The summed E-state index contributed by atoms with van der Waals surface area (Å²) in [6.07, 6.45) is 1.36. The van der Waals surface area contributed by atoms with E-state index >= 15 is 0 Å². The number of rotatable bonds is 2. The number of likely N-dealkylation sites (tertiary alicyclic amines) is 1. The van der Waals surface area contributed by atoms with E-state index < -0.39 is 0 Å². The summed E-state index contributed by atoms with van der Waals surface area (Å²) in [5, 5.41) is 0. The highest BCUT2D eigenvalue weighted by Gasteiger charge is 2.32. The zero-order chi connectivity index (χ0) is 10.9. The van der Waals surface area contributed by atoms with Crippen LogP contribution >= 0.6 is 0 Å². The van der Waals surface area contributed by atoms with E-state index in [0.29, 0.717) is 12.1 Å². The van der Waals surface area contributed by atoms with Gasteiger partial charge in [0.2, 0.25) is 0 Å². The second-order valence-corrected chi connectivity index (χ2v) is 5.36. The fourth-order valence-electron chi connectivity index (χ4n) is 2.60. The molecule has 14 heavy (non-hydrogen) atoms. The smallest absolute Gasteiger partial charge is 0.0219 e. The van der Waals surface area contributed by atoms with Crippen molar-refractivity contribution < 1.29 is 0 Å². The van der Waals surface area contributed by atoms with Crippen LogP contribution in [-0.2, 0) is 0 Å². The molecule has 5 atom stereocenters. The minimum absolute atomic E-state index is 0.273. The van der Waals surface area contributed by atoms with Gasteiger partial charge in [-0.05, 0) is 39.0 Å². The van der Waals surface area contributed by atoms with Gasteiger partial charge in [-0.25, -0.2) is 0 Å². The molecule has 0 aliphatic carbocycles. The summed E-state index contributed by atoms with van der Waals surface area (Å²) in [7, 11) is 0. The topological polar surface area (TPSA) is 29.3 Å². The molecular weight excluding hydrogens is 172 g/mol. The first-order valence-electron chi connectivity index (χ1n) is 5.94. The second kappa shape index (κ2) is 4.63. The molecule has 1 aliphatic rings. The Kier molecular flexibility index (Phi) is 3.96. The summed E-state index contributed by atoms with van der Waals surface area (Å²) < 4.78 is 0. The molecule has 5 unspecified atom stereocenters. The molecule has 0 aromatic carbocycles. The zero-order valence-corrected chi connectivity index (χ0v) is 10.3. The van der Waals surface area contributed by atoms with Gasteiger partial charge in [-0.2, -0.15) is 0 Å². The Labute approximate surface area is 88.8 Å². The summed E-state index contributed by atoms with van der Waals surface area (Å²) in [5.74, 6) is 1.63. The third-order valence-corrected chi connectivity index (χ3v) is 3.93. The molecule has 0 radical (unpaired) electrons. The lowest BCUT2D eigenvalue weighted by molar-refractivity contribution is 0.0393. The lowest BCUT2D eigenvalue weighted by atomic mass is 9.84. The Bertz CT molecular complexity index is 175. The standard InChI is InChI=1S/C12H26N2/c1-8-6-9(2)11(4)14(7-8)12(5)10(3)13/h8-12H,6-7,13H2,1-5H3. The van der Waals surface area contributed by atoms with Gasteiger partial charge in [0.05, 0.1) is 0 Å². The van der Waals surface area contributed by atoms with Crippen LogP contribution in [0.15, 0.2) is 0 Å². The Morgan fingerprint density at radius 3 is 2.29 bits per heavy atom. The van der Waals surface area contributed by atoms with E-state index in [4.69, 9.17) is 5.73 Å². The SMILES string of the molecule is CC1CC(C)C(C)N(C(C)C(C)N)C1. The average Bonchev–Trinajstić information content (AvgIpc) is 2.09. The van der Waals surface area contributed by atoms with Crippen LogP contribution in [0.3, 0.4) is 0 Å². The van der Waals surface area contributed by atoms with Crippen LogP contribution < -0.4 is 5.73 Å². The maximum absolute atomic E-state index is 5.98. The van der Waals surface area contributed by atoms with Crippen LogP contribution in [0.5, 0.6) is 0 Å². The summed E-state index contributed by atoms with van der Waals surface area (Å²) in [4.78, 5) is 2.59. The van der Waals surface area contributed by atoms with Crippen LogP contribution in [0.25, 0.3) is 0 Å². The molecule has 1 saturated heterocycles. The van der Waals surface area contributed by atoms with Gasteiger partial charge in [-0.3, -0.25) is 4.90 Å². The van der Waals surface area contributed by atoms with E-state index in [9.17, 15) is 0 Å². The first kappa shape index (κ1) is 12.0. The largest absolute Gasteiger partial charge is 0.327 e. The van der Waals surface area contributed by atoms with Crippen molar-refractivity contribution in [2.45, 2.75) is 59.2 Å². The van der Waals surface area contributed by atoms with Crippen molar-refractivity contribution in [3.05, 3.63) is 0 Å². The van der Waals surface area contributed by atoms with Crippen LogP contribution in [0.4, 0.5) is 0 Å². The quantitative estimate of drug-likeness (QED) is 0.736. The molecule has 0 spiro atoms. The monoisotopic (exact) mass is 198 g/mol. The Morgan fingerprint density at radius 1 is 1.21 bits per heavy atom. The van der Waals surface area contributed by atoms with E-state index in [1.54, 1.807) is 0 Å². The number of hydrogen-bond acceptors (Lipinski definition) is 2. The van der Waals surface area contributed by atoms with Gasteiger partial charge in [0.1, 0.15) is 0 Å². The number of nitrogens with zero attached hydrogens (tertiary/aromatic N) is 1. The van der Waals surface area contributed by atoms with Gasteiger partial charge >= 0.3 is 0 Å². The number of piperidine rings is 1. The van der Waals surface area contributed by atoms with Gasteiger partial charge in [0, 0.05) is 24.7 Å². The predicted octanol–water partition coefficient (Wildman–Crippen LogP) is 2.09. The minimum Gasteiger partial charge on any atom is -0.327 e. The fourth-order valence-corrected chi connectivity index (χ4v) is 2.60. The molecule has 0 aromatic rings. The maximum atomic E-state index is 5.98. The lowest BCUT2D eigenvalue weighted by Gasteiger charge is -2.45. The molecule has 0 aromatic heterocycles. The van der Waals surface area contributed by atoms with Gasteiger partial charge in [0.15, 0.2) is 0 Å². The molecule has 1 heterocycles. The molecule has 0 amide bonds. The highest BCUT2D eigenvalue weighted by molar-refractivity contribution is 4.87. The number of hydrogen-bond donors (Lipinski definition) is 1. The van der Waals surface area contributed by atoms with E-state index in [1.807, 2.05) is 0 Å². The van der Waals surface area contributed by atoms with Crippen molar-refractivity contribution in [3.63, 3.8) is 0 Å². The summed E-state index contributed by atoms with van der Waals surface area (Å²) in [6.45, 7) is 12.6. The first-order chi connectivity index (χ1) is 6.43. The first-order valence-corrected chi connectivity index (χ1v) is 5.94. The van der Waals surface area contributed by atoms with Crippen molar-refractivity contribution in [2.24, 2.45) is 17.6 Å². The molecule has 1 rings (SSSR count). The molecule has 2 heteroatoms. The molecule has 84 valence electrons. The van der Waals surface area contributed by atoms with Crippen LogP contribution in [0, 0.1) is 11.8 Å². The predicted molar refractivity (Wildman–Crippen MR) is 62.2 cm³/mol. The van der Waals surface area contributed by atoms with Gasteiger partial charge in [-0.1, -0.05) is 13.8 Å². The van der Waals surface area contributed by atoms with Gasteiger partial charge in [-0.15, -0.1) is 0 Å². The van der Waals surface area contributed by atoms with Crippen LogP contribution in [0.2, 0.25) is 0 Å². The van der Waals surface area contributed by atoms with E-state index in [2.05, 4.69) is 39.5 Å². The minimum atomic E-state index is 0.273. The summed E-state index contributed by atoms with van der Waals surface area (Å²) in [5.41, 5.74) is 5.98. The van der Waals surface area contributed by atoms with Crippen molar-refractivity contribution in [2.75, 3.05) is 6.54 Å². The molecule has 0 saturated carbocycles. The average molecular weight is 198 g/mol. The molecule has 2 nitrogen and oxygen atoms in total. The van der Waals surface area contributed by atoms with Gasteiger partial charge in [0.25, 0.3) is 0 Å². The third-order valence-electron chi connectivity index (χ3n) is 3.93. The molecule has 1 fully saturated rings. The Hall–Kier alpha value is -0.0800. The summed E-state index contributed by atoms with van der Waals surface area (Å²) in [6, 6.07) is 1.47. The Balaban J connectivity index is 2.66. The van der Waals surface area contributed by atoms with Crippen molar-refractivity contribution in [1.82, 2.24) is 4.90 Å². The number of nitrogens with two attached hydrogens (primary N) is 1. The molecular formula is C12H26N2. The Morgan fingerprint density at radius 2 is 1.79 bits per heavy atom. The van der Waals surface area contributed by atoms with Crippen LogP contribution in [0.1, 0.15) is 41.0 Å². The molecule has 1 aliphatic heterocycles. The highest BCUT2D eigenvalue weighted by Crippen LogP contribution is 2.28. The summed E-state index contributed by atoms with van der Waals surface area (Å²) >= 11 is 0. The van der Waals surface area contributed by atoms with E-state index in [0.717, 1.165) is 11.8 Å². The van der Waals surface area contributed by atoms with Crippen molar-refractivity contribution >= 4 is 0 Å². The lowest BCUT2D eigenvalue weighted by Crippen LogP contribution is -2.54. The molecule has 2 N–H and O–H groups in total. The van der Waals surface area contributed by atoms with Gasteiger partial charge < -0.3 is 5.73 Å². The van der Waals surface area contributed by atoms with E-state index in [-0.39, 0.29) is 6.04 Å². The molecule has 0 bridgehead atoms. The third kappa shape index (κ3) is 2.48.